The van der Waals surface area contributed by atoms with Crippen LogP contribution in [0.25, 0.3) is 0 Å². The van der Waals surface area contributed by atoms with E-state index >= 15 is 0 Å². The molecule has 0 amide bonds. The molecule has 0 radical (unpaired) electrons. The Morgan fingerprint density at radius 1 is 1.53 bits per heavy atom. The Kier molecular flexibility index (Phi) is 4.59. The molecule has 4 nitrogen and oxygen atoms in total. The van der Waals surface area contributed by atoms with Crippen molar-refractivity contribution in [2.45, 2.75) is 45.1 Å². The van der Waals surface area contributed by atoms with Crippen LogP contribution in [0, 0.1) is 5.92 Å². The van der Waals surface area contributed by atoms with Crippen molar-refractivity contribution in [3.05, 3.63) is 0 Å². The molecule has 1 fully saturated rings. The van der Waals surface area contributed by atoms with Gasteiger partial charge in [0.15, 0.2) is 0 Å². The van der Waals surface area contributed by atoms with E-state index in [2.05, 4.69) is 11.7 Å². The van der Waals surface area contributed by atoms with Gasteiger partial charge in [0.2, 0.25) is 0 Å². The molecular formula is C11H18O4. The summed E-state index contributed by atoms with van der Waals surface area (Å²) < 4.78 is 9.75. The number of hydrogen-bond donors (Lipinski definition) is 0. The first-order valence-electron chi connectivity index (χ1n) is 5.46. The minimum Gasteiger partial charge on any atom is -0.469 e. The van der Waals surface area contributed by atoms with Crippen LogP contribution < -0.4 is 0 Å². The minimum absolute atomic E-state index is 0.170. The average molecular weight is 214 g/mol. The van der Waals surface area contributed by atoms with Crippen molar-refractivity contribution in [2.24, 2.45) is 5.92 Å². The van der Waals surface area contributed by atoms with Crippen LogP contribution in [-0.2, 0) is 19.1 Å². The SMILES string of the molecule is CCCCC[C@@H]1OC(=O)C[C@@H]1C(=O)OC. The van der Waals surface area contributed by atoms with Gasteiger partial charge in [-0.25, -0.2) is 0 Å². The normalized spacial score (nSPS) is 25.1. The zero-order valence-corrected chi connectivity index (χ0v) is 9.32. The third-order valence-corrected chi connectivity index (χ3v) is 2.71. The van der Waals surface area contributed by atoms with Crippen molar-refractivity contribution in [2.75, 3.05) is 7.11 Å². The Bertz CT molecular complexity index is 237. The fraction of sp³-hybridized carbons (Fsp3) is 0.818. The van der Waals surface area contributed by atoms with Gasteiger partial charge in [0.1, 0.15) is 12.0 Å². The quantitative estimate of drug-likeness (QED) is 0.516. The van der Waals surface area contributed by atoms with Crippen LogP contribution in [0.1, 0.15) is 39.0 Å². The number of carbonyl (C=O) groups excluding carboxylic acids is 2. The van der Waals surface area contributed by atoms with E-state index in [0.29, 0.717) is 0 Å². The molecule has 0 bridgehead atoms. The maximum atomic E-state index is 11.3. The number of cyclic esters (lactones) is 1. The van der Waals surface area contributed by atoms with Crippen LogP contribution in [0.3, 0.4) is 0 Å². The summed E-state index contributed by atoms with van der Waals surface area (Å²) in [5.74, 6) is -1.01. The highest BCUT2D eigenvalue weighted by atomic mass is 16.6. The van der Waals surface area contributed by atoms with Gasteiger partial charge < -0.3 is 9.47 Å². The first-order chi connectivity index (χ1) is 7.19. The highest BCUT2D eigenvalue weighted by Gasteiger charge is 2.39. The summed E-state index contributed by atoms with van der Waals surface area (Å²) >= 11 is 0. The van der Waals surface area contributed by atoms with Gasteiger partial charge in [-0.1, -0.05) is 19.8 Å². The molecule has 0 unspecified atom stereocenters. The van der Waals surface area contributed by atoms with Crippen LogP contribution in [-0.4, -0.2) is 25.2 Å². The van der Waals surface area contributed by atoms with Crippen molar-refractivity contribution in [3.8, 4) is 0 Å². The molecule has 0 spiro atoms. The molecule has 4 heteroatoms. The number of esters is 2. The van der Waals surface area contributed by atoms with Crippen LogP contribution in [0.4, 0.5) is 0 Å². The lowest BCUT2D eigenvalue weighted by Gasteiger charge is -2.14. The molecule has 1 heterocycles. The average Bonchev–Trinajstić information content (AvgIpc) is 2.59. The Hall–Kier alpha value is -1.06. The zero-order valence-electron chi connectivity index (χ0n) is 9.32. The van der Waals surface area contributed by atoms with Crippen LogP contribution in [0.5, 0.6) is 0 Å². The van der Waals surface area contributed by atoms with Gasteiger partial charge in [0.05, 0.1) is 13.5 Å². The Balaban J connectivity index is 2.45. The van der Waals surface area contributed by atoms with E-state index < -0.39 is 0 Å². The van der Waals surface area contributed by atoms with Gasteiger partial charge in [-0.15, -0.1) is 0 Å². The van der Waals surface area contributed by atoms with Crippen molar-refractivity contribution < 1.29 is 19.1 Å². The molecule has 0 aromatic rings. The van der Waals surface area contributed by atoms with E-state index in [4.69, 9.17) is 4.74 Å². The number of carbonyl (C=O) groups is 2. The largest absolute Gasteiger partial charge is 0.469 e. The number of unbranched alkanes of at least 4 members (excludes halogenated alkanes) is 2. The fourth-order valence-corrected chi connectivity index (χ4v) is 1.85. The van der Waals surface area contributed by atoms with E-state index in [-0.39, 0.29) is 30.4 Å². The van der Waals surface area contributed by atoms with Crippen molar-refractivity contribution >= 4 is 11.9 Å². The molecule has 0 aromatic carbocycles. The minimum atomic E-state index is -0.389. The van der Waals surface area contributed by atoms with Gasteiger partial charge in [0, 0.05) is 0 Å². The lowest BCUT2D eigenvalue weighted by Crippen LogP contribution is -2.25. The first-order valence-corrected chi connectivity index (χ1v) is 5.46. The first kappa shape index (κ1) is 12.0. The predicted molar refractivity (Wildman–Crippen MR) is 54.1 cm³/mol. The standard InChI is InChI=1S/C11H18O4/c1-3-4-5-6-9-8(11(13)14-2)7-10(12)15-9/h8-9H,3-7H2,1-2H3/t8-,9-/m0/s1. The van der Waals surface area contributed by atoms with Crippen LogP contribution in [0.15, 0.2) is 0 Å². The number of hydrogen-bond acceptors (Lipinski definition) is 4. The molecule has 0 N–H and O–H groups in total. The monoisotopic (exact) mass is 214 g/mol. The van der Waals surface area contributed by atoms with E-state index in [1.54, 1.807) is 0 Å². The summed E-state index contributed by atoms with van der Waals surface area (Å²) in [6.45, 7) is 2.11. The Morgan fingerprint density at radius 3 is 2.87 bits per heavy atom. The lowest BCUT2D eigenvalue weighted by atomic mass is 9.97. The lowest BCUT2D eigenvalue weighted by molar-refractivity contribution is -0.147. The van der Waals surface area contributed by atoms with Gasteiger partial charge in [-0.3, -0.25) is 9.59 Å². The molecule has 0 aliphatic carbocycles. The smallest absolute Gasteiger partial charge is 0.313 e. The van der Waals surface area contributed by atoms with Gasteiger partial charge in [-0.05, 0) is 12.8 Å². The summed E-state index contributed by atoms with van der Waals surface area (Å²) in [5.41, 5.74) is 0. The van der Waals surface area contributed by atoms with Crippen LogP contribution >= 0.6 is 0 Å². The van der Waals surface area contributed by atoms with E-state index in [1.165, 1.54) is 7.11 Å². The maximum Gasteiger partial charge on any atom is 0.313 e. The zero-order chi connectivity index (χ0) is 11.3. The molecule has 0 saturated carbocycles. The van der Waals surface area contributed by atoms with Gasteiger partial charge in [-0.2, -0.15) is 0 Å². The van der Waals surface area contributed by atoms with Gasteiger partial charge in [0.25, 0.3) is 0 Å². The topological polar surface area (TPSA) is 52.6 Å². The number of methoxy groups -OCH3 is 1. The molecular weight excluding hydrogens is 196 g/mol. The summed E-state index contributed by atoms with van der Waals surface area (Å²) in [5, 5.41) is 0. The predicted octanol–water partition coefficient (Wildman–Crippen LogP) is 1.67. The van der Waals surface area contributed by atoms with Crippen molar-refractivity contribution in [1.82, 2.24) is 0 Å². The maximum absolute atomic E-state index is 11.3. The third-order valence-electron chi connectivity index (χ3n) is 2.71. The molecule has 0 aromatic heterocycles. The van der Waals surface area contributed by atoms with Gasteiger partial charge >= 0.3 is 11.9 Å². The molecule has 1 aliphatic heterocycles. The molecule has 1 aliphatic rings. The Labute approximate surface area is 89.9 Å². The molecule has 1 rings (SSSR count). The third kappa shape index (κ3) is 3.22. The number of ether oxygens (including phenoxy) is 2. The summed E-state index contributed by atoms with van der Waals surface area (Å²) in [6.07, 6.45) is 3.87. The number of rotatable bonds is 5. The Morgan fingerprint density at radius 2 is 2.27 bits per heavy atom. The highest BCUT2D eigenvalue weighted by molar-refractivity contribution is 5.83. The van der Waals surface area contributed by atoms with Crippen molar-refractivity contribution in [1.29, 1.82) is 0 Å². The summed E-state index contributed by atoms with van der Waals surface area (Å²) in [7, 11) is 1.34. The molecule has 1 saturated heterocycles. The van der Waals surface area contributed by atoms with Crippen LogP contribution in [0.2, 0.25) is 0 Å². The van der Waals surface area contributed by atoms with Crippen molar-refractivity contribution in [3.63, 3.8) is 0 Å². The molecule has 86 valence electrons. The second-order valence-corrected chi connectivity index (χ2v) is 3.86. The summed E-state index contributed by atoms with van der Waals surface area (Å²) in [4.78, 5) is 22.4. The summed E-state index contributed by atoms with van der Waals surface area (Å²) in [6, 6.07) is 0. The molecule has 15 heavy (non-hydrogen) atoms. The highest BCUT2D eigenvalue weighted by Crippen LogP contribution is 2.27. The van der Waals surface area contributed by atoms with E-state index in [1.807, 2.05) is 0 Å². The van der Waals surface area contributed by atoms with E-state index in [9.17, 15) is 9.59 Å². The molecule has 2 atom stereocenters. The van der Waals surface area contributed by atoms with E-state index in [0.717, 1.165) is 25.7 Å². The second kappa shape index (κ2) is 5.73. The second-order valence-electron chi connectivity index (χ2n) is 3.86. The fourth-order valence-electron chi connectivity index (χ4n) is 1.85.